The van der Waals surface area contributed by atoms with Gasteiger partial charge in [-0.2, -0.15) is 0 Å². The molecule has 82 valence electrons. The van der Waals surface area contributed by atoms with Crippen molar-refractivity contribution in [2.45, 2.75) is 32.3 Å². The molecule has 1 atom stereocenters. The molecule has 2 nitrogen and oxygen atoms in total. The summed E-state index contributed by atoms with van der Waals surface area (Å²) in [4.78, 5) is 2.29. The van der Waals surface area contributed by atoms with E-state index in [1.165, 1.54) is 11.3 Å². The van der Waals surface area contributed by atoms with Gasteiger partial charge in [-0.25, -0.2) is 0 Å². The van der Waals surface area contributed by atoms with Crippen LogP contribution in [0.15, 0.2) is 24.3 Å². The second-order valence-corrected chi connectivity index (χ2v) is 4.65. The van der Waals surface area contributed by atoms with Gasteiger partial charge in [0, 0.05) is 18.8 Å². The van der Waals surface area contributed by atoms with E-state index in [9.17, 15) is 5.11 Å². The molecule has 1 aliphatic rings. The number of para-hydroxylation sites is 1. The van der Waals surface area contributed by atoms with Gasteiger partial charge in [-0.1, -0.05) is 25.1 Å². The van der Waals surface area contributed by atoms with Crippen LogP contribution in [0.1, 0.15) is 25.8 Å². The van der Waals surface area contributed by atoms with Crippen LogP contribution in [0.2, 0.25) is 0 Å². The lowest BCUT2D eigenvalue weighted by Crippen LogP contribution is -2.39. The van der Waals surface area contributed by atoms with Crippen LogP contribution >= 0.6 is 0 Å². The van der Waals surface area contributed by atoms with E-state index >= 15 is 0 Å². The molecular weight excluding hydrogens is 186 g/mol. The van der Waals surface area contributed by atoms with Gasteiger partial charge in [0.15, 0.2) is 0 Å². The zero-order valence-electron chi connectivity index (χ0n) is 9.53. The van der Waals surface area contributed by atoms with Crippen LogP contribution in [0.4, 0.5) is 5.69 Å². The largest absolute Gasteiger partial charge is 0.388 e. The van der Waals surface area contributed by atoms with Crippen LogP contribution in [0.25, 0.3) is 0 Å². The Morgan fingerprint density at radius 1 is 1.40 bits per heavy atom. The highest BCUT2D eigenvalue weighted by Gasteiger charge is 2.26. The summed E-state index contributed by atoms with van der Waals surface area (Å²) in [6, 6.07) is 8.47. The second kappa shape index (κ2) is 3.86. The maximum atomic E-state index is 10.1. The highest BCUT2D eigenvalue weighted by molar-refractivity contribution is 5.57. The Kier molecular flexibility index (Phi) is 2.70. The third-order valence-electron chi connectivity index (χ3n) is 3.28. The van der Waals surface area contributed by atoms with Crippen molar-refractivity contribution in [3.05, 3.63) is 29.8 Å². The highest BCUT2D eigenvalue weighted by Crippen LogP contribution is 2.29. The van der Waals surface area contributed by atoms with Crippen LogP contribution in [0.3, 0.4) is 0 Å². The Hall–Kier alpha value is -1.02. The number of aliphatic hydroxyl groups is 1. The van der Waals surface area contributed by atoms with Crippen molar-refractivity contribution in [2.75, 3.05) is 18.0 Å². The van der Waals surface area contributed by atoms with E-state index in [1.54, 1.807) is 0 Å². The van der Waals surface area contributed by atoms with Crippen LogP contribution in [-0.2, 0) is 6.42 Å². The average molecular weight is 205 g/mol. The molecule has 0 saturated heterocycles. The fourth-order valence-corrected chi connectivity index (χ4v) is 2.09. The molecule has 0 saturated carbocycles. The lowest BCUT2D eigenvalue weighted by molar-refractivity contribution is 0.0634. The first-order valence-corrected chi connectivity index (χ1v) is 5.67. The average Bonchev–Trinajstić information content (AvgIpc) is 2.62. The van der Waals surface area contributed by atoms with Crippen molar-refractivity contribution in [3.63, 3.8) is 0 Å². The van der Waals surface area contributed by atoms with Gasteiger partial charge in [-0.15, -0.1) is 0 Å². The van der Waals surface area contributed by atoms with Gasteiger partial charge >= 0.3 is 0 Å². The maximum absolute atomic E-state index is 10.1. The van der Waals surface area contributed by atoms with Gasteiger partial charge in [-0.3, -0.25) is 0 Å². The molecule has 1 unspecified atom stereocenters. The first-order chi connectivity index (χ1) is 7.12. The summed E-state index contributed by atoms with van der Waals surface area (Å²) in [5.41, 5.74) is 2.13. The normalized spacial score (nSPS) is 18.7. The number of fused-ring (bicyclic) bond motifs is 1. The zero-order chi connectivity index (χ0) is 10.9. The Morgan fingerprint density at radius 3 is 2.87 bits per heavy atom. The van der Waals surface area contributed by atoms with Gasteiger partial charge in [0.25, 0.3) is 0 Å². The summed E-state index contributed by atoms with van der Waals surface area (Å²) in [6.07, 6.45) is 1.90. The molecule has 0 bridgehead atoms. The lowest BCUT2D eigenvalue weighted by Gasteiger charge is -2.29. The monoisotopic (exact) mass is 205 g/mol. The summed E-state index contributed by atoms with van der Waals surface area (Å²) in [7, 11) is 0. The van der Waals surface area contributed by atoms with Gasteiger partial charge in [0.05, 0.1) is 5.60 Å². The Morgan fingerprint density at radius 2 is 2.13 bits per heavy atom. The molecule has 1 aromatic rings. The molecule has 1 aromatic carbocycles. The summed E-state index contributed by atoms with van der Waals surface area (Å²) < 4.78 is 0. The predicted molar refractivity (Wildman–Crippen MR) is 63.3 cm³/mol. The fourth-order valence-electron chi connectivity index (χ4n) is 2.09. The van der Waals surface area contributed by atoms with Crippen molar-refractivity contribution >= 4 is 5.69 Å². The van der Waals surface area contributed by atoms with Gasteiger partial charge in [0.1, 0.15) is 0 Å². The minimum absolute atomic E-state index is 0.572. The molecule has 0 aliphatic carbocycles. The summed E-state index contributed by atoms with van der Waals surface area (Å²) >= 11 is 0. The molecule has 0 amide bonds. The number of nitrogens with zero attached hydrogens (tertiary/aromatic N) is 1. The summed E-state index contributed by atoms with van der Waals surface area (Å²) in [6.45, 7) is 5.71. The smallest absolute Gasteiger partial charge is 0.0791 e. The number of hydrogen-bond acceptors (Lipinski definition) is 2. The molecule has 2 rings (SSSR count). The van der Waals surface area contributed by atoms with Crippen molar-refractivity contribution in [2.24, 2.45) is 0 Å². The third-order valence-corrected chi connectivity index (χ3v) is 3.28. The number of anilines is 1. The quantitative estimate of drug-likeness (QED) is 0.817. The molecule has 1 N–H and O–H groups in total. The number of benzene rings is 1. The van der Waals surface area contributed by atoms with E-state index in [0.717, 1.165) is 25.9 Å². The van der Waals surface area contributed by atoms with E-state index in [4.69, 9.17) is 0 Å². The summed E-state index contributed by atoms with van der Waals surface area (Å²) in [5, 5.41) is 10.1. The fraction of sp³-hybridized carbons (Fsp3) is 0.538. The van der Waals surface area contributed by atoms with Crippen molar-refractivity contribution in [3.8, 4) is 0 Å². The van der Waals surface area contributed by atoms with E-state index in [1.807, 2.05) is 13.8 Å². The Labute approximate surface area is 91.5 Å². The SMILES string of the molecule is CCC(C)(O)CN1CCc2ccccc21. The predicted octanol–water partition coefficient (Wildman–Crippen LogP) is 2.21. The van der Waals surface area contributed by atoms with Crippen LogP contribution in [-0.4, -0.2) is 23.8 Å². The van der Waals surface area contributed by atoms with Gasteiger partial charge in [0.2, 0.25) is 0 Å². The zero-order valence-corrected chi connectivity index (χ0v) is 9.53. The highest BCUT2D eigenvalue weighted by atomic mass is 16.3. The minimum Gasteiger partial charge on any atom is -0.388 e. The Bertz CT molecular complexity index is 346. The Balaban J connectivity index is 2.14. The third kappa shape index (κ3) is 2.15. The van der Waals surface area contributed by atoms with E-state index in [0.29, 0.717) is 0 Å². The maximum Gasteiger partial charge on any atom is 0.0791 e. The standard InChI is InChI=1S/C13H19NO/c1-3-13(2,15)10-14-9-8-11-6-4-5-7-12(11)14/h4-7,15H,3,8-10H2,1-2H3. The number of β-amino-alcohol motifs (C(OH)–C–C–N with tert-alkyl or cyclic N) is 1. The van der Waals surface area contributed by atoms with E-state index in [-0.39, 0.29) is 0 Å². The summed E-state index contributed by atoms with van der Waals surface area (Å²) in [5.74, 6) is 0. The molecule has 0 fully saturated rings. The molecule has 2 heteroatoms. The molecule has 0 radical (unpaired) electrons. The van der Waals surface area contributed by atoms with Crippen LogP contribution in [0, 0.1) is 0 Å². The molecule has 0 spiro atoms. The molecular formula is C13H19NO. The van der Waals surface area contributed by atoms with Crippen molar-refractivity contribution in [1.82, 2.24) is 0 Å². The number of rotatable bonds is 3. The molecule has 0 aromatic heterocycles. The molecule has 15 heavy (non-hydrogen) atoms. The van der Waals surface area contributed by atoms with Crippen LogP contribution < -0.4 is 4.90 Å². The lowest BCUT2D eigenvalue weighted by atomic mass is 10.0. The van der Waals surface area contributed by atoms with Crippen molar-refractivity contribution in [1.29, 1.82) is 0 Å². The second-order valence-electron chi connectivity index (χ2n) is 4.65. The van der Waals surface area contributed by atoms with Gasteiger partial charge in [-0.05, 0) is 31.4 Å². The number of hydrogen-bond donors (Lipinski definition) is 1. The van der Waals surface area contributed by atoms with Gasteiger partial charge < -0.3 is 10.0 Å². The first kappa shape index (κ1) is 10.5. The molecule has 1 heterocycles. The van der Waals surface area contributed by atoms with E-state index < -0.39 is 5.60 Å². The topological polar surface area (TPSA) is 23.5 Å². The van der Waals surface area contributed by atoms with E-state index in [2.05, 4.69) is 29.2 Å². The molecule has 1 aliphatic heterocycles. The van der Waals surface area contributed by atoms with Crippen LogP contribution in [0.5, 0.6) is 0 Å². The minimum atomic E-state index is -0.572. The van der Waals surface area contributed by atoms with Crippen molar-refractivity contribution < 1.29 is 5.11 Å². The first-order valence-electron chi connectivity index (χ1n) is 5.67.